The molecule has 84 valence electrons. The summed E-state index contributed by atoms with van der Waals surface area (Å²) in [6.07, 6.45) is 1.65. The van der Waals surface area contributed by atoms with Gasteiger partial charge in [0.25, 0.3) is 5.16 Å². The second kappa shape index (κ2) is 4.54. The molecule has 2 rings (SSSR count). The second-order valence-electron chi connectivity index (χ2n) is 2.88. The first-order valence-electron chi connectivity index (χ1n) is 3.86. The number of sulfone groups is 1. The number of nitrogens with two attached hydrogens (primary N) is 1. The van der Waals surface area contributed by atoms with Crippen LogP contribution in [0.25, 0.3) is 0 Å². The number of halogens is 1. The third kappa shape index (κ3) is 3.21. The Kier molecular flexibility index (Phi) is 3.79. The highest BCUT2D eigenvalue weighted by molar-refractivity contribution is 8.02. The van der Waals surface area contributed by atoms with Gasteiger partial charge in [0.1, 0.15) is 0 Å². The van der Waals surface area contributed by atoms with Gasteiger partial charge in [-0.25, -0.2) is 13.4 Å². The Hall–Kier alpha value is -0.540. The van der Waals surface area contributed by atoms with Crippen molar-refractivity contribution in [2.45, 2.75) is 10.4 Å². The zero-order valence-electron chi connectivity index (χ0n) is 7.47. The molecule has 0 spiro atoms. The number of nitrogens with zero attached hydrogens (tertiary/aromatic N) is 1. The van der Waals surface area contributed by atoms with Crippen LogP contribution in [-0.4, -0.2) is 29.6 Å². The van der Waals surface area contributed by atoms with E-state index in [0.29, 0.717) is 11.1 Å². The Morgan fingerprint density at radius 2 is 2.40 bits per heavy atom. The SMILES string of the molecule is Nc1[nH]nc(SC2C=CS(=O)(=O)C2)[nH+]1.[Br-]. The molecule has 0 saturated heterocycles. The number of aromatic amines is 2. The molecule has 1 aliphatic heterocycles. The number of aromatic nitrogens is 3. The summed E-state index contributed by atoms with van der Waals surface area (Å²) in [4.78, 5) is 2.78. The normalized spacial score (nSPS) is 22.5. The number of hydrogen-bond donors (Lipinski definition) is 2. The Morgan fingerprint density at radius 1 is 1.67 bits per heavy atom. The molecule has 1 aliphatic rings. The molecule has 6 nitrogen and oxygen atoms in total. The van der Waals surface area contributed by atoms with Crippen molar-refractivity contribution < 1.29 is 30.4 Å². The summed E-state index contributed by atoms with van der Waals surface area (Å²) in [6, 6.07) is 0. The average Bonchev–Trinajstić information content (AvgIpc) is 2.59. The minimum atomic E-state index is -2.99. The van der Waals surface area contributed by atoms with Crippen LogP contribution in [0, 0.1) is 0 Å². The van der Waals surface area contributed by atoms with E-state index in [1.54, 1.807) is 6.08 Å². The fraction of sp³-hybridized carbons (Fsp3) is 0.333. The molecule has 4 N–H and O–H groups in total. The molecule has 1 atom stereocenters. The third-order valence-electron chi connectivity index (χ3n) is 1.68. The van der Waals surface area contributed by atoms with E-state index in [9.17, 15) is 8.42 Å². The fourth-order valence-electron chi connectivity index (χ4n) is 1.10. The van der Waals surface area contributed by atoms with E-state index in [0.717, 1.165) is 0 Å². The number of rotatable bonds is 2. The molecule has 15 heavy (non-hydrogen) atoms. The van der Waals surface area contributed by atoms with Gasteiger partial charge in [0.15, 0.2) is 9.84 Å². The summed E-state index contributed by atoms with van der Waals surface area (Å²) in [6.45, 7) is 0. The van der Waals surface area contributed by atoms with Gasteiger partial charge in [0.2, 0.25) is 0 Å². The highest BCUT2D eigenvalue weighted by Gasteiger charge is 2.25. The first kappa shape index (κ1) is 12.5. The van der Waals surface area contributed by atoms with Crippen molar-refractivity contribution in [2.24, 2.45) is 0 Å². The Balaban J connectivity index is 0.00000112. The number of nitrogens with one attached hydrogen (secondary N) is 2. The summed E-state index contributed by atoms with van der Waals surface area (Å²) in [7, 11) is -2.99. The molecule has 0 saturated carbocycles. The lowest BCUT2D eigenvalue weighted by molar-refractivity contribution is -0.410. The molecule has 1 aromatic heterocycles. The van der Waals surface area contributed by atoms with E-state index in [4.69, 9.17) is 5.73 Å². The van der Waals surface area contributed by atoms with Gasteiger partial charge in [-0.1, -0.05) is 6.08 Å². The van der Waals surface area contributed by atoms with Crippen LogP contribution in [0.5, 0.6) is 0 Å². The van der Waals surface area contributed by atoms with Crippen LogP contribution >= 0.6 is 11.8 Å². The lowest BCUT2D eigenvalue weighted by Crippen LogP contribution is -3.00. The van der Waals surface area contributed by atoms with E-state index in [1.165, 1.54) is 17.2 Å². The van der Waals surface area contributed by atoms with Crippen LogP contribution in [0.3, 0.4) is 0 Å². The smallest absolute Gasteiger partial charge is 0.338 e. The number of H-pyrrole nitrogens is 2. The molecule has 0 bridgehead atoms. The highest BCUT2D eigenvalue weighted by Crippen LogP contribution is 2.24. The van der Waals surface area contributed by atoms with Gasteiger partial charge >= 0.3 is 5.95 Å². The topological polar surface area (TPSA) is 103 Å². The first-order valence-corrected chi connectivity index (χ1v) is 6.45. The minimum absolute atomic E-state index is 0. The maximum atomic E-state index is 11.1. The lowest BCUT2D eigenvalue weighted by Gasteiger charge is -1.98. The van der Waals surface area contributed by atoms with Crippen molar-refractivity contribution in [1.29, 1.82) is 0 Å². The van der Waals surface area contributed by atoms with Crippen LogP contribution in [-0.2, 0) is 9.84 Å². The van der Waals surface area contributed by atoms with Crippen LogP contribution in [0.2, 0.25) is 0 Å². The Bertz CT molecular complexity index is 469. The maximum Gasteiger partial charge on any atom is 0.338 e. The molecule has 0 amide bonds. The molecule has 1 aromatic rings. The van der Waals surface area contributed by atoms with Gasteiger partial charge in [0, 0.05) is 15.8 Å². The van der Waals surface area contributed by atoms with Gasteiger partial charge < -0.3 is 22.7 Å². The molecular formula is C6H9BrN4O2S2. The zero-order chi connectivity index (χ0) is 10.2. The van der Waals surface area contributed by atoms with E-state index in [-0.39, 0.29) is 28.0 Å². The van der Waals surface area contributed by atoms with E-state index >= 15 is 0 Å². The van der Waals surface area contributed by atoms with Crippen molar-refractivity contribution in [3.05, 3.63) is 11.5 Å². The zero-order valence-corrected chi connectivity index (χ0v) is 10.7. The lowest BCUT2D eigenvalue weighted by atomic mass is 10.5. The molecule has 0 fully saturated rings. The number of nitrogen functional groups attached to an aromatic ring is 1. The van der Waals surface area contributed by atoms with Gasteiger partial charge in [-0.3, -0.25) is 0 Å². The van der Waals surface area contributed by atoms with E-state index in [2.05, 4.69) is 15.2 Å². The Morgan fingerprint density at radius 3 is 2.87 bits per heavy atom. The molecule has 0 aromatic carbocycles. The molecular weight excluding hydrogens is 304 g/mol. The average molecular weight is 313 g/mol. The van der Waals surface area contributed by atoms with Crippen LogP contribution in [0.15, 0.2) is 16.6 Å². The molecule has 2 heterocycles. The summed E-state index contributed by atoms with van der Waals surface area (Å²) in [5.74, 6) is 0.482. The highest BCUT2D eigenvalue weighted by atomic mass is 79.9. The largest absolute Gasteiger partial charge is 1.00 e. The van der Waals surface area contributed by atoms with Crippen molar-refractivity contribution in [2.75, 3.05) is 11.5 Å². The van der Waals surface area contributed by atoms with Gasteiger partial charge in [-0.2, -0.15) is 0 Å². The van der Waals surface area contributed by atoms with E-state index < -0.39 is 9.84 Å². The number of thioether (sulfide) groups is 1. The molecule has 1 unspecified atom stereocenters. The fourth-order valence-corrected chi connectivity index (χ4v) is 3.86. The molecule has 0 radical (unpaired) electrons. The van der Waals surface area contributed by atoms with Crippen molar-refractivity contribution in [3.8, 4) is 0 Å². The predicted octanol–water partition coefficient (Wildman–Crippen LogP) is -3.79. The summed E-state index contributed by atoms with van der Waals surface area (Å²) >= 11 is 1.33. The van der Waals surface area contributed by atoms with Crippen LogP contribution in [0.1, 0.15) is 0 Å². The van der Waals surface area contributed by atoms with Crippen molar-refractivity contribution in [3.63, 3.8) is 0 Å². The van der Waals surface area contributed by atoms with E-state index in [1.807, 2.05) is 0 Å². The number of anilines is 1. The molecule has 9 heteroatoms. The monoisotopic (exact) mass is 312 g/mol. The third-order valence-corrected chi connectivity index (χ3v) is 4.33. The Labute approximate surface area is 101 Å². The summed E-state index contributed by atoms with van der Waals surface area (Å²) in [5, 5.41) is 8.14. The predicted molar refractivity (Wildman–Crippen MR) is 52.1 cm³/mol. The van der Waals surface area contributed by atoms with Crippen LogP contribution in [0.4, 0.5) is 5.95 Å². The maximum absolute atomic E-state index is 11.1. The minimum Gasteiger partial charge on any atom is -1.00 e. The van der Waals surface area contributed by atoms with Gasteiger partial charge in [-0.05, 0) is 11.8 Å². The van der Waals surface area contributed by atoms with Gasteiger partial charge in [-0.15, -0.1) is 5.10 Å². The second-order valence-corrected chi connectivity index (χ2v) is 6.04. The summed E-state index contributed by atoms with van der Waals surface area (Å²) in [5.41, 5.74) is 5.38. The first-order chi connectivity index (χ1) is 6.55. The van der Waals surface area contributed by atoms with Crippen molar-refractivity contribution >= 4 is 27.5 Å². The number of hydrogen-bond acceptors (Lipinski definition) is 5. The van der Waals surface area contributed by atoms with Crippen molar-refractivity contribution in [1.82, 2.24) is 10.2 Å². The molecule has 0 aliphatic carbocycles. The summed E-state index contributed by atoms with van der Waals surface area (Å²) < 4.78 is 22.1. The van der Waals surface area contributed by atoms with Crippen LogP contribution < -0.4 is 27.7 Å². The quantitative estimate of drug-likeness (QED) is 0.583. The standard InChI is InChI=1S/C6H8N4O2S2.BrH/c7-5-8-6(10-9-5)13-4-1-2-14(11,12)3-4;/h1-2,4H,3H2,(H3,7,8,9,10);1H. The van der Waals surface area contributed by atoms with Gasteiger partial charge in [0.05, 0.1) is 5.75 Å².